The van der Waals surface area contributed by atoms with Crippen LogP contribution in [0.2, 0.25) is 0 Å². The molecule has 5 atom stereocenters. The normalized spacial score (nSPS) is 33.8. The fourth-order valence-corrected chi connectivity index (χ4v) is 4.54. The van der Waals surface area contributed by atoms with Crippen LogP contribution in [0.4, 0.5) is 0 Å². The standard InChI is InChI=1S/C15H23NOS/c1-10(7-14(17)15-3-2-6-18-15)16-13-9-11-4-5-12(13)8-11/h2-3,6,10-14,16-17H,4-5,7-9H2,1H3. The molecule has 5 unspecified atom stereocenters. The number of thiophene rings is 1. The number of rotatable bonds is 5. The van der Waals surface area contributed by atoms with Crippen LogP contribution in [-0.2, 0) is 0 Å². The maximum atomic E-state index is 10.2. The van der Waals surface area contributed by atoms with Crippen LogP contribution >= 0.6 is 11.3 Å². The highest BCUT2D eigenvalue weighted by Crippen LogP contribution is 2.44. The number of hydrogen-bond donors (Lipinski definition) is 2. The van der Waals surface area contributed by atoms with Gasteiger partial charge in [0, 0.05) is 17.0 Å². The van der Waals surface area contributed by atoms with Crippen LogP contribution in [0, 0.1) is 11.8 Å². The van der Waals surface area contributed by atoms with E-state index in [0.717, 1.165) is 23.1 Å². The zero-order valence-corrected chi connectivity index (χ0v) is 11.8. The second kappa shape index (κ2) is 5.32. The van der Waals surface area contributed by atoms with E-state index in [4.69, 9.17) is 0 Å². The maximum Gasteiger partial charge on any atom is 0.0896 e. The number of aliphatic hydroxyl groups excluding tert-OH is 1. The first-order valence-electron chi connectivity index (χ1n) is 7.20. The average molecular weight is 265 g/mol. The number of nitrogens with one attached hydrogen (secondary N) is 1. The topological polar surface area (TPSA) is 32.3 Å². The molecule has 0 spiro atoms. The van der Waals surface area contributed by atoms with E-state index in [1.165, 1.54) is 25.7 Å². The molecule has 0 aromatic carbocycles. The summed E-state index contributed by atoms with van der Waals surface area (Å²) in [6.07, 6.45) is 6.21. The van der Waals surface area contributed by atoms with Gasteiger partial charge in [0.15, 0.2) is 0 Å². The Labute approximate surface area is 113 Å². The molecule has 100 valence electrons. The molecular formula is C15H23NOS. The lowest BCUT2D eigenvalue weighted by molar-refractivity contribution is 0.151. The summed E-state index contributed by atoms with van der Waals surface area (Å²) in [5, 5.41) is 15.9. The fraction of sp³-hybridized carbons (Fsp3) is 0.733. The second-order valence-corrected chi connectivity index (χ2v) is 7.10. The van der Waals surface area contributed by atoms with Crippen LogP contribution in [-0.4, -0.2) is 17.2 Å². The van der Waals surface area contributed by atoms with Crippen LogP contribution in [0.3, 0.4) is 0 Å². The van der Waals surface area contributed by atoms with E-state index in [9.17, 15) is 5.11 Å². The number of hydrogen-bond acceptors (Lipinski definition) is 3. The van der Waals surface area contributed by atoms with Gasteiger partial charge in [-0.3, -0.25) is 0 Å². The average Bonchev–Trinajstić information content (AvgIpc) is 3.06. The highest BCUT2D eigenvalue weighted by atomic mass is 32.1. The third kappa shape index (κ3) is 2.63. The highest BCUT2D eigenvalue weighted by Gasteiger charge is 2.39. The van der Waals surface area contributed by atoms with Crippen molar-refractivity contribution in [2.45, 2.75) is 57.2 Å². The first-order valence-corrected chi connectivity index (χ1v) is 8.08. The van der Waals surface area contributed by atoms with Crippen molar-refractivity contribution in [3.63, 3.8) is 0 Å². The third-order valence-corrected chi connectivity index (χ3v) is 5.66. The van der Waals surface area contributed by atoms with E-state index in [2.05, 4.69) is 12.2 Å². The molecule has 2 nitrogen and oxygen atoms in total. The minimum atomic E-state index is -0.300. The molecule has 0 aliphatic heterocycles. The smallest absolute Gasteiger partial charge is 0.0896 e. The largest absolute Gasteiger partial charge is 0.388 e. The molecule has 0 saturated heterocycles. The van der Waals surface area contributed by atoms with Gasteiger partial charge in [-0.1, -0.05) is 12.5 Å². The van der Waals surface area contributed by atoms with Crippen molar-refractivity contribution in [3.8, 4) is 0 Å². The van der Waals surface area contributed by atoms with Crippen LogP contribution in [0.5, 0.6) is 0 Å². The molecule has 3 heteroatoms. The van der Waals surface area contributed by atoms with Gasteiger partial charge in [-0.2, -0.15) is 0 Å². The van der Waals surface area contributed by atoms with E-state index in [0.29, 0.717) is 12.1 Å². The first-order chi connectivity index (χ1) is 8.72. The summed E-state index contributed by atoms with van der Waals surface area (Å²) in [4.78, 5) is 1.09. The van der Waals surface area contributed by atoms with E-state index in [1.807, 2.05) is 17.5 Å². The van der Waals surface area contributed by atoms with Crippen molar-refractivity contribution in [2.75, 3.05) is 0 Å². The predicted molar refractivity (Wildman–Crippen MR) is 75.7 cm³/mol. The zero-order valence-electron chi connectivity index (χ0n) is 11.0. The Hall–Kier alpha value is -0.380. The van der Waals surface area contributed by atoms with Gasteiger partial charge in [0.1, 0.15) is 0 Å². The quantitative estimate of drug-likeness (QED) is 0.856. The van der Waals surface area contributed by atoms with Gasteiger partial charge in [-0.15, -0.1) is 11.3 Å². The predicted octanol–water partition coefficient (Wildman–Crippen LogP) is 3.34. The molecule has 0 radical (unpaired) electrons. The van der Waals surface area contributed by atoms with Gasteiger partial charge in [0.25, 0.3) is 0 Å². The molecule has 2 N–H and O–H groups in total. The van der Waals surface area contributed by atoms with Gasteiger partial charge in [0.05, 0.1) is 6.10 Å². The summed E-state index contributed by atoms with van der Waals surface area (Å²) in [7, 11) is 0. The van der Waals surface area contributed by atoms with E-state index in [-0.39, 0.29) is 6.10 Å². The maximum absolute atomic E-state index is 10.2. The van der Waals surface area contributed by atoms with Gasteiger partial charge >= 0.3 is 0 Å². The monoisotopic (exact) mass is 265 g/mol. The fourth-order valence-electron chi connectivity index (χ4n) is 3.81. The van der Waals surface area contributed by atoms with E-state index < -0.39 is 0 Å². The van der Waals surface area contributed by atoms with Gasteiger partial charge < -0.3 is 10.4 Å². The molecular weight excluding hydrogens is 242 g/mol. The highest BCUT2D eigenvalue weighted by molar-refractivity contribution is 7.10. The molecule has 2 aliphatic rings. The first kappa shape index (κ1) is 12.6. The molecule has 3 rings (SSSR count). The Balaban J connectivity index is 1.48. The summed E-state index contributed by atoms with van der Waals surface area (Å²) in [5.41, 5.74) is 0. The Morgan fingerprint density at radius 3 is 2.94 bits per heavy atom. The lowest BCUT2D eigenvalue weighted by atomic mass is 9.94. The molecule has 18 heavy (non-hydrogen) atoms. The second-order valence-electron chi connectivity index (χ2n) is 6.12. The van der Waals surface area contributed by atoms with Crippen LogP contribution in [0.25, 0.3) is 0 Å². The van der Waals surface area contributed by atoms with Crippen LogP contribution < -0.4 is 5.32 Å². The van der Waals surface area contributed by atoms with Gasteiger partial charge in [0.2, 0.25) is 0 Å². The molecule has 1 aromatic heterocycles. The lowest BCUT2D eigenvalue weighted by Gasteiger charge is -2.27. The molecule has 2 fully saturated rings. The summed E-state index contributed by atoms with van der Waals surface area (Å²) >= 11 is 1.65. The molecule has 2 saturated carbocycles. The summed E-state index contributed by atoms with van der Waals surface area (Å²) in [5.74, 6) is 1.90. The summed E-state index contributed by atoms with van der Waals surface area (Å²) < 4.78 is 0. The van der Waals surface area contributed by atoms with Crippen molar-refractivity contribution in [3.05, 3.63) is 22.4 Å². The minimum Gasteiger partial charge on any atom is -0.388 e. The Morgan fingerprint density at radius 1 is 1.44 bits per heavy atom. The van der Waals surface area contributed by atoms with Crippen molar-refractivity contribution in [1.29, 1.82) is 0 Å². The van der Waals surface area contributed by atoms with Gasteiger partial charge in [-0.05, 0) is 55.9 Å². The number of fused-ring (bicyclic) bond motifs is 2. The van der Waals surface area contributed by atoms with Crippen molar-refractivity contribution in [1.82, 2.24) is 5.32 Å². The van der Waals surface area contributed by atoms with Crippen LogP contribution in [0.15, 0.2) is 17.5 Å². The van der Waals surface area contributed by atoms with E-state index >= 15 is 0 Å². The molecule has 0 amide bonds. The molecule has 1 heterocycles. The van der Waals surface area contributed by atoms with Crippen molar-refractivity contribution < 1.29 is 5.11 Å². The van der Waals surface area contributed by atoms with E-state index in [1.54, 1.807) is 11.3 Å². The zero-order chi connectivity index (χ0) is 12.5. The molecule has 2 aliphatic carbocycles. The molecule has 1 aromatic rings. The van der Waals surface area contributed by atoms with Gasteiger partial charge in [-0.25, -0.2) is 0 Å². The summed E-state index contributed by atoms with van der Waals surface area (Å²) in [6.45, 7) is 2.21. The van der Waals surface area contributed by atoms with Crippen molar-refractivity contribution in [2.24, 2.45) is 11.8 Å². The third-order valence-electron chi connectivity index (χ3n) is 4.69. The van der Waals surface area contributed by atoms with Crippen LogP contribution in [0.1, 0.15) is 50.0 Å². The lowest BCUT2D eigenvalue weighted by Crippen LogP contribution is -2.40. The SMILES string of the molecule is CC(CC(O)c1cccs1)NC1CC2CCC1C2. The Kier molecular flexibility index (Phi) is 3.73. The number of aliphatic hydroxyl groups is 1. The summed E-state index contributed by atoms with van der Waals surface area (Å²) in [6, 6.07) is 5.16. The van der Waals surface area contributed by atoms with Crippen molar-refractivity contribution >= 4 is 11.3 Å². The Bertz CT molecular complexity index is 378. The Morgan fingerprint density at radius 2 is 2.33 bits per heavy atom. The molecule has 2 bridgehead atoms. The minimum absolute atomic E-state index is 0.300.